The van der Waals surface area contributed by atoms with Crippen LogP contribution in [-0.4, -0.2) is 34.9 Å². The summed E-state index contributed by atoms with van der Waals surface area (Å²) in [7, 11) is 0. The summed E-state index contributed by atoms with van der Waals surface area (Å²) in [5.41, 5.74) is 3.07. The number of amides is 1. The van der Waals surface area contributed by atoms with Crippen LogP contribution in [0.3, 0.4) is 0 Å². The number of thioether (sulfide) groups is 1. The zero-order valence-electron chi connectivity index (χ0n) is 16.2. The number of para-hydroxylation sites is 2. The van der Waals surface area contributed by atoms with Gasteiger partial charge in [0.15, 0.2) is 0 Å². The van der Waals surface area contributed by atoms with Crippen molar-refractivity contribution in [3.05, 3.63) is 64.1 Å². The largest absolute Gasteiger partial charge is 0.489 e. The Morgan fingerprint density at radius 1 is 1.04 bits per heavy atom. The number of rotatable bonds is 7. The summed E-state index contributed by atoms with van der Waals surface area (Å²) in [5.74, 6) is 1.57. The maximum atomic E-state index is 12.4. The van der Waals surface area contributed by atoms with E-state index in [0.717, 1.165) is 28.2 Å². The monoisotopic (exact) mass is 413 g/mol. The molecule has 0 saturated carbocycles. The first-order chi connectivity index (χ1) is 13.5. The summed E-state index contributed by atoms with van der Waals surface area (Å²) in [4.78, 5) is 14.7. The Balaban J connectivity index is 1.66. The maximum Gasteiger partial charge on any atom is 0.266 e. The SMILES string of the molecule is CCN1C(=O)/C(=C/c2ccccc2OCCOc2c(C)cccc2C)SC1=S. The summed E-state index contributed by atoms with van der Waals surface area (Å²) in [6.07, 6.45) is 1.84. The fourth-order valence-electron chi connectivity index (χ4n) is 2.97. The van der Waals surface area contributed by atoms with Gasteiger partial charge in [-0.25, -0.2) is 0 Å². The molecule has 146 valence electrons. The van der Waals surface area contributed by atoms with Crippen LogP contribution in [0.5, 0.6) is 11.5 Å². The lowest BCUT2D eigenvalue weighted by Crippen LogP contribution is -2.27. The highest BCUT2D eigenvalue weighted by atomic mass is 32.2. The quantitative estimate of drug-likeness (QED) is 0.364. The molecule has 4 nitrogen and oxygen atoms in total. The Hall–Kier alpha value is -2.31. The van der Waals surface area contributed by atoms with Crippen molar-refractivity contribution in [3.8, 4) is 11.5 Å². The van der Waals surface area contributed by atoms with Gasteiger partial charge in [-0.1, -0.05) is 60.4 Å². The van der Waals surface area contributed by atoms with Crippen LogP contribution in [-0.2, 0) is 4.79 Å². The highest BCUT2D eigenvalue weighted by Crippen LogP contribution is 2.34. The van der Waals surface area contributed by atoms with Crippen LogP contribution in [0.2, 0.25) is 0 Å². The third-order valence-electron chi connectivity index (χ3n) is 4.39. The molecular formula is C22H23NO3S2. The lowest BCUT2D eigenvalue weighted by atomic mass is 10.1. The molecular weight excluding hydrogens is 390 g/mol. The molecule has 1 amide bonds. The minimum absolute atomic E-state index is 0.0503. The van der Waals surface area contributed by atoms with Gasteiger partial charge in [-0.2, -0.15) is 0 Å². The van der Waals surface area contributed by atoms with Crippen LogP contribution in [0.25, 0.3) is 6.08 Å². The zero-order chi connectivity index (χ0) is 20.1. The van der Waals surface area contributed by atoms with Gasteiger partial charge in [-0.15, -0.1) is 0 Å². The zero-order valence-corrected chi connectivity index (χ0v) is 17.9. The highest BCUT2D eigenvalue weighted by molar-refractivity contribution is 8.26. The van der Waals surface area contributed by atoms with E-state index in [0.29, 0.717) is 29.0 Å². The van der Waals surface area contributed by atoms with Crippen molar-refractivity contribution in [2.45, 2.75) is 20.8 Å². The summed E-state index contributed by atoms with van der Waals surface area (Å²) >= 11 is 6.60. The second kappa shape index (κ2) is 9.26. The molecule has 28 heavy (non-hydrogen) atoms. The van der Waals surface area contributed by atoms with Crippen molar-refractivity contribution >= 4 is 40.3 Å². The number of hydrogen-bond donors (Lipinski definition) is 0. The number of benzene rings is 2. The van der Waals surface area contributed by atoms with Gasteiger partial charge in [0.2, 0.25) is 0 Å². The summed E-state index contributed by atoms with van der Waals surface area (Å²) in [6, 6.07) is 13.7. The van der Waals surface area contributed by atoms with E-state index >= 15 is 0 Å². The number of aryl methyl sites for hydroxylation is 2. The number of carbonyl (C=O) groups is 1. The average molecular weight is 414 g/mol. The smallest absolute Gasteiger partial charge is 0.266 e. The van der Waals surface area contributed by atoms with Crippen molar-refractivity contribution < 1.29 is 14.3 Å². The molecule has 0 N–H and O–H groups in total. The van der Waals surface area contributed by atoms with Crippen molar-refractivity contribution in [1.29, 1.82) is 0 Å². The van der Waals surface area contributed by atoms with Gasteiger partial charge >= 0.3 is 0 Å². The van der Waals surface area contributed by atoms with E-state index in [2.05, 4.69) is 0 Å². The molecule has 1 aliphatic rings. The molecule has 1 saturated heterocycles. The van der Waals surface area contributed by atoms with Crippen molar-refractivity contribution in [1.82, 2.24) is 4.90 Å². The van der Waals surface area contributed by atoms with Gasteiger partial charge in [0.05, 0.1) is 4.91 Å². The minimum atomic E-state index is -0.0503. The van der Waals surface area contributed by atoms with Crippen LogP contribution in [0, 0.1) is 13.8 Å². The first-order valence-corrected chi connectivity index (χ1v) is 10.4. The van der Waals surface area contributed by atoms with Crippen molar-refractivity contribution in [3.63, 3.8) is 0 Å². The third-order valence-corrected chi connectivity index (χ3v) is 5.77. The first kappa shape index (κ1) is 20.4. The Kier molecular flexibility index (Phi) is 6.75. The lowest BCUT2D eigenvalue weighted by molar-refractivity contribution is -0.121. The third kappa shape index (κ3) is 4.56. The maximum absolute atomic E-state index is 12.4. The number of ether oxygens (including phenoxy) is 2. The van der Waals surface area contributed by atoms with Crippen LogP contribution < -0.4 is 9.47 Å². The molecule has 0 aromatic heterocycles. The molecule has 0 spiro atoms. The van der Waals surface area contributed by atoms with Crippen LogP contribution in [0.1, 0.15) is 23.6 Å². The van der Waals surface area contributed by atoms with E-state index in [1.54, 1.807) is 4.90 Å². The Morgan fingerprint density at radius 3 is 2.39 bits per heavy atom. The molecule has 1 aliphatic heterocycles. The van der Waals surface area contributed by atoms with Crippen molar-refractivity contribution in [2.24, 2.45) is 0 Å². The van der Waals surface area contributed by atoms with E-state index in [4.69, 9.17) is 21.7 Å². The molecule has 0 atom stereocenters. The van der Waals surface area contributed by atoms with E-state index < -0.39 is 0 Å². The van der Waals surface area contributed by atoms with Crippen molar-refractivity contribution in [2.75, 3.05) is 19.8 Å². The Morgan fingerprint density at radius 2 is 1.71 bits per heavy atom. The average Bonchev–Trinajstić information content (AvgIpc) is 2.94. The van der Waals surface area contributed by atoms with Gasteiger partial charge < -0.3 is 9.47 Å². The number of nitrogens with zero attached hydrogens (tertiary/aromatic N) is 1. The molecule has 0 radical (unpaired) electrons. The normalized spacial score (nSPS) is 15.4. The molecule has 1 fully saturated rings. The second-order valence-electron chi connectivity index (χ2n) is 6.38. The summed E-state index contributed by atoms with van der Waals surface area (Å²) < 4.78 is 12.4. The number of thiocarbonyl (C=S) groups is 1. The molecule has 6 heteroatoms. The van der Waals surface area contributed by atoms with Crippen LogP contribution in [0.4, 0.5) is 0 Å². The van der Waals surface area contributed by atoms with E-state index in [1.165, 1.54) is 11.8 Å². The summed E-state index contributed by atoms with van der Waals surface area (Å²) in [6.45, 7) is 7.42. The lowest BCUT2D eigenvalue weighted by Gasteiger charge is -2.13. The molecule has 0 unspecified atom stereocenters. The molecule has 2 aromatic carbocycles. The minimum Gasteiger partial charge on any atom is -0.489 e. The van der Waals surface area contributed by atoms with Crippen LogP contribution in [0.15, 0.2) is 47.4 Å². The van der Waals surface area contributed by atoms with E-state index in [-0.39, 0.29) is 5.91 Å². The molecule has 0 aliphatic carbocycles. The Bertz CT molecular complexity index is 903. The fraction of sp³-hybridized carbons (Fsp3) is 0.273. The second-order valence-corrected chi connectivity index (χ2v) is 8.06. The number of hydrogen-bond acceptors (Lipinski definition) is 5. The molecule has 2 aromatic rings. The number of carbonyl (C=O) groups excluding carboxylic acids is 1. The number of likely N-dealkylation sites (N-methyl/N-ethyl adjacent to an activating group) is 1. The van der Waals surface area contributed by atoms with Gasteiger partial charge in [-0.05, 0) is 44.0 Å². The predicted molar refractivity (Wildman–Crippen MR) is 119 cm³/mol. The van der Waals surface area contributed by atoms with E-state index in [9.17, 15) is 4.79 Å². The predicted octanol–water partition coefficient (Wildman–Crippen LogP) is 4.98. The topological polar surface area (TPSA) is 38.8 Å². The molecule has 3 rings (SSSR count). The van der Waals surface area contributed by atoms with Gasteiger partial charge in [0, 0.05) is 12.1 Å². The van der Waals surface area contributed by atoms with Gasteiger partial charge in [0.25, 0.3) is 5.91 Å². The molecule has 1 heterocycles. The van der Waals surface area contributed by atoms with Gasteiger partial charge in [-0.3, -0.25) is 9.69 Å². The Labute approximate surface area is 175 Å². The first-order valence-electron chi connectivity index (χ1n) is 9.17. The fourth-order valence-corrected chi connectivity index (χ4v) is 4.34. The standard InChI is InChI=1S/C22H23NO3S2/c1-4-23-21(24)19(28-22(23)27)14-17-10-5-6-11-18(17)25-12-13-26-20-15(2)8-7-9-16(20)3/h5-11,14H,4,12-13H2,1-3H3/b19-14-. The van der Waals surface area contributed by atoms with Gasteiger partial charge in [0.1, 0.15) is 29.0 Å². The van der Waals surface area contributed by atoms with E-state index in [1.807, 2.05) is 69.3 Å². The summed E-state index contributed by atoms with van der Waals surface area (Å²) in [5, 5.41) is 0. The van der Waals surface area contributed by atoms with Crippen LogP contribution >= 0.6 is 24.0 Å². The highest BCUT2D eigenvalue weighted by Gasteiger charge is 2.30. The molecule has 0 bridgehead atoms.